The van der Waals surface area contributed by atoms with Gasteiger partial charge in [0.25, 0.3) is 0 Å². The summed E-state index contributed by atoms with van der Waals surface area (Å²) in [6.45, 7) is 9.16. The molecule has 3 heteroatoms. The number of rotatable bonds is 8. The van der Waals surface area contributed by atoms with E-state index in [0.717, 1.165) is 38.3 Å². The van der Waals surface area contributed by atoms with E-state index in [4.69, 9.17) is 9.47 Å². The van der Waals surface area contributed by atoms with E-state index in [1.54, 1.807) is 0 Å². The summed E-state index contributed by atoms with van der Waals surface area (Å²) in [5.41, 5.74) is 2.54. The Bertz CT molecular complexity index is 427. The Balaban J connectivity index is 1.77. The van der Waals surface area contributed by atoms with E-state index in [-0.39, 0.29) is 0 Å². The fourth-order valence-electron chi connectivity index (χ4n) is 2.89. The molecule has 2 rings (SSSR count). The average Bonchev–Trinajstić information content (AvgIpc) is 2.98. The van der Waals surface area contributed by atoms with Gasteiger partial charge in [-0.25, -0.2) is 0 Å². The molecule has 1 aliphatic heterocycles. The van der Waals surface area contributed by atoms with E-state index in [9.17, 15) is 0 Å². The van der Waals surface area contributed by atoms with Gasteiger partial charge in [-0.15, -0.1) is 0 Å². The maximum atomic E-state index is 5.92. The van der Waals surface area contributed by atoms with Crippen LogP contribution in [0, 0.1) is 6.92 Å². The van der Waals surface area contributed by atoms with Crippen molar-refractivity contribution in [1.82, 2.24) is 5.32 Å². The normalized spacial score (nSPS) is 19.7. The van der Waals surface area contributed by atoms with Gasteiger partial charge in [0.1, 0.15) is 5.75 Å². The Labute approximate surface area is 129 Å². The maximum absolute atomic E-state index is 5.92. The minimum atomic E-state index is 0.391. The van der Waals surface area contributed by atoms with Crippen LogP contribution in [0.4, 0.5) is 0 Å². The van der Waals surface area contributed by atoms with E-state index < -0.39 is 0 Å². The van der Waals surface area contributed by atoms with Crippen molar-refractivity contribution in [3.63, 3.8) is 0 Å². The molecule has 0 radical (unpaired) electrons. The van der Waals surface area contributed by atoms with Gasteiger partial charge >= 0.3 is 0 Å². The lowest BCUT2D eigenvalue weighted by Gasteiger charge is -2.16. The Kier molecular flexibility index (Phi) is 6.52. The third kappa shape index (κ3) is 5.01. The van der Waals surface area contributed by atoms with Crippen molar-refractivity contribution in [2.45, 2.75) is 58.6 Å². The lowest BCUT2D eigenvalue weighted by molar-refractivity contribution is 0.0981. The minimum Gasteiger partial charge on any atom is -0.493 e. The smallest absolute Gasteiger partial charge is 0.122 e. The van der Waals surface area contributed by atoms with Gasteiger partial charge in [-0.05, 0) is 63.3 Å². The summed E-state index contributed by atoms with van der Waals surface area (Å²) in [5, 5.41) is 3.44. The lowest BCUT2D eigenvalue weighted by atomic mass is 10.1. The van der Waals surface area contributed by atoms with Gasteiger partial charge in [0.15, 0.2) is 0 Å². The molecule has 1 aliphatic rings. The molecule has 1 aromatic rings. The van der Waals surface area contributed by atoms with Gasteiger partial charge in [-0.2, -0.15) is 0 Å². The van der Waals surface area contributed by atoms with E-state index in [1.807, 2.05) is 0 Å². The molecule has 0 saturated carbocycles. The first-order valence-corrected chi connectivity index (χ1v) is 8.29. The van der Waals surface area contributed by atoms with E-state index in [0.29, 0.717) is 12.1 Å². The number of nitrogens with one attached hydrogen (secondary N) is 1. The lowest BCUT2D eigenvalue weighted by Crippen LogP contribution is -2.17. The van der Waals surface area contributed by atoms with Crippen molar-refractivity contribution in [2.24, 2.45) is 0 Å². The van der Waals surface area contributed by atoms with Crippen molar-refractivity contribution in [3.05, 3.63) is 29.3 Å². The van der Waals surface area contributed by atoms with Crippen LogP contribution < -0.4 is 10.1 Å². The van der Waals surface area contributed by atoms with Crippen molar-refractivity contribution in [1.29, 1.82) is 0 Å². The van der Waals surface area contributed by atoms with Gasteiger partial charge in [-0.1, -0.05) is 19.1 Å². The van der Waals surface area contributed by atoms with Crippen molar-refractivity contribution >= 4 is 0 Å². The second-order valence-electron chi connectivity index (χ2n) is 5.93. The molecule has 1 heterocycles. The molecule has 0 aromatic heterocycles. The molecule has 21 heavy (non-hydrogen) atoms. The first kappa shape index (κ1) is 16.3. The molecule has 1 fully saturated rings. The van der Waals surface area contributed by atoms with Crippen LogP contribution in [0.3, 0.4) is 0 Å². The molecular formula is C18H29NO2. The fraction of sp³-hybridized carbons (Fsp3) is 0.667. The number of ether oxygens (including phenoxy) is 2. The number of hydrogen-bond acceptors (Lipinski definition) is 3. The monoisotopic (exact) mass is 291 g/mol. The van der Waals surface area contributed by atoms with Gasteiger partial charge in [0, 0.05) is 12.6 Å². The summed E-state index contributed by atoms with van der Waals surface area (Å²) in [6.07, 6.45) is 5.10. The van der Waals surface area contributed by atoms with Crippen LogP contribution in [-0.4, -0.2) is 25.9 Å². The molecule has 2 atom stereocenters. The molecule has 0 amide bonds. The number of hydrogen-bond donors (Lipinski definition) is 1. The second-order valence-corrected chi connectivity index (χ2v) is 5.93. The molecule has 118 valence electrons. The van der Waals surface area contributed by atoms with Crippen molar-refractivity contribution in [2.75, 3.05) is 19.8 Å². The van der Waals surface area contributed by atoms with Crippen LogP contribution in [0.15, 0.2) is 18.2 Å². The predicted octanol–water partition coefficient (Wildman–Crippen LogP) is 4.00. The van der Waals surface area contributed by atoms with Crippen LogP contribution in [0.25, 0.3) is 0 Å². The molecule has 3 nitrogen and oxygen atoms in total. The maximum Gasteiger partial charge on any atom is 0.122 e. The summed E-state index contributed by atoms with van der Waals surface area (Å²) in [4.78, 5) is 0. The van der Waals surface area contributed by atoms with Crippen molar-refractivity contribution < 1.29 is 9.47 Å². The number of aryl methyl sites for hydroxylation is 1. The summed E-state index contributed by atoms with van der Waals surface area (Å²) in [7, 11) is 0. The summed E-state index contributed by atoms with van der Waals surface area (Å²) in [6, 6.07) is 6.88. The molecule has 1 N–H and O–H groups in total. The fourth-order valence-corrected chi connectivity index (χ4v) is 2.89. The second kappa shape index (κ2) is 8.40. The molecular weight excluding hydrogens is 262 g/mol. The first-order valence-electron chi connectivity index (χ1n) is 8.29. The summed E-state index contributed by atoms with van der Waals surface area (Å²) >= 11 is 0. The molecule has 0 spiro atoms. The predicted molar refractivity (Wildman–Crippen MR) is 87.0 cm³/mol. The van der Waals surface area contributed by atoms with Gasteiger partial charge < -0.3 is 14.8 Å². The van der Waals surface area contributed by atoms with E-state index in [1.165, 1.54) is 24.0 Å². The first-order chi connectivity index (χ1) is 10.2. The zero-order chi connectivity index (χ0) is 15.1. The van der Waals surface area contributed by atoms with E-state index in [2.05, 4.69) is 44.3 Å². The van der Waals surface area contributed by atoms with Gasteiger partial charge in [-0.3, -0.25) is 0 Å². The highest BCUT2D eigenvalue weighted by Crippen LogP contribution is 2.23. The standard InChI is InChI=1S/C18H29NO2/c1-4-19-15(3)16-9-10-18(14(2)13-16)21-12-6-8-17-7-5-11-20-17/h9-10,13,15,17,19H,4-8,11-12H2,1-3H3. The summed E-state index contributed by atoms with van der Waals surface area (Å²) in [5.74, 6) is 1.01. The number of benzene rings is 1. The largest absolute Gasteiger partial charge is 0.493 e. The minimum absolute atomic E-state index is 0.391. The topological polar surface area (TPSA) is 30.5 Å². The highest BCUT2D eigenvalue weighted by atomic mass is 16.5. The Hall–Kier alpha value is -1.06. The third-order valence-corrected chi connectivity index (χ3v) is 4.16. The summed E-state index contributed by atoms with van der Waals surface area (Å²) < 4.78 is 11.5. The quantitative estimate of drug-likeness (QED) is 0.734. The van der Waals surface area contributed by atoms with Crippen molar-refractivity contribution in [3.8, 4) is 5.75 Å². The highest BCUT2D eigenvalue weighted by molar-refractivity contribution is 5.37. The van der Waals surface area contributed by atoms with Crippen LogP contribution in [-0.2, 0) is 4.74 Å². The third-order valence-electron chi connectivity index (χ3n) is 4.16. The zero-order valence-electron chi connectivity index (χ0n) is 13.7. The molecule has 0 bridgehead atoms. The van der Waals surface area contributed by atoms with Gasteiger partial charge in [0.05, 0.1) is 12.7 Å². The van der Waals surface area contributed by atoms with Crippen LogP contribution >= 0.6 is 0 Å². The zero-order valence-corrected chi connectivity index (χ0v) is 13.7. The van der Waals surface area contributed by atoms with E-state index >= 15 is 0 Å². The van der Waals surface area contributed by atoms with Crippen LogP contribution in [0.1, 0.15) is 56.7 Å². The van der Waals surface area contributed by atoms with Crippen LogP contribution in [0.2, 0.25) is 0 Å². The van der Waals surface area contributed by atoms with Gasteiger partial charge in [0.2, 0.25) is 0 Å². The molecule has 1 saturated heterocycles. The Morgan fingerprint density at radius 2 is 2.29 bits per heavy atom. The Morgan fingerprint density at radius 1 is 1.43 bits per heavy atom. The highest BCUT2D eigenvalue weighted by Gasteiger charge is 2.14. The molecule has 1 aromatic carbocycles. The molecule has 2 unspecified atom stereocenters. The van der Waals surface area contributed by atoms with Crippen LogP contribution in [0.5, 0.6) is 5.75 Å². The SMILES string of the molecule is CCNC(C)c1ccc(OCCCC2CCCO2)c(C)c1. The molecule has 0 aliphatic carbocycles. The Morgan fingerprint density at radius 3 is 2.95 bits per heavy atom. The average molecular weight is 291 g/mol.